The number of carbonyl (C=O) groups excluding carboxylic acids is 2. The minimum Gasteiger partial charge on any atom is -0.492 e. The second-order valence-electron chi connectivity index (χ2n) is 7.45. The van der Waals surface area contributed by atoms with Gasteiger partial charge in [-0.2, -0.15) is 0 Å². The molecule has 0 bridgehead atoms. The number of halogens is 1. The minimum atomic E-state index is -0.308. The largest absolute Gasteiger partial charge is 0.492 e. The summed E-state index contributed by atoms with van der Waals surface area (Å²) >= 11 is 7.09. The summed E-state index contributed by atoms with van der Waals surface area (Å²) in [6.45, 7) is 2.78. The number of thioether (sulfide) groups is 1. The van der Waals surface area contributed by atoms with Gasteiger partial charge in [0.25, 0.3) is 11.1 Å². The molecule has 1 aliphatic rings. The van der Waals surface area contributed by atoms with E-state index in [9.17, 15) is 9.59 Å². The first-order chi connectivity index (χ1) is 16.0. The van der Waals surface area contributed by atoms with E-state index in [1.165, 1.54) is 4.90 Å². The van der Waals surface area contributed by atoms with Gasteiger partial charge in [-0.3, -0.25) is 14.5 Å². The number of hydrogen-bond donors (Lipinski definition) is 0. The molecule has 2 amide bonds. The molecule has 0 saturated carbocycles. The number of amides is 2. The predicted octanol–water partition coefficient (Wildman–Crippen LogP) is 6.34. The SMILES string of the molecule is Cc1cccc(OCCN2C(=O)S/C(=C\c3ccc(OCc4ccccc4Cl)cc3)C2=O)c1. The Morgan fingerprint density at radius 2 is 1.73 bits per heavy atom. The molecule has 3 aromatic rings. The number of rotatable bonds is 8. The highest BCUT2D eigenvalue weighted by atomic mass is 35.5. The molecule has 0 aliphatic carbocycles. The average Bonchev–Trinajstić information content (AvgIpc) is 3.07. The summed E-state index contributed by atoms with van der Waals surface area (Å²) in [6, 6.07) is 22.5. The third kappa shape index (κ3) is 5.97. The highest BCUT2D eigenvalue weighted by molar-refractivity contribution is 8.18. The van der Waals surface area contributed by atoms with E-state index in [0.29, 0.717) is 28.0 Å². The van der Waals surface area contributed by atoms with Crippen LogP contribution < -0.4 is 9.47 Å². The Hall–Kier alpha value is -3.22. The quantitative estimate of drug-likeness (QED) is 0.353. The molecule has 33 heavy (non-hydrogen) atoms. The molecular formula is C26H22ClNO4S. The van der Waals surface area contributed by atoms with Crippen molar-refractivity contribution < 1.29 is 19.1 Å². The van der Waals surface area contributed by atoms with Gasteiger partial charge >= 0.3 is 0 Å². The smallest absolute Gasteiger partial charge is 0.293 e. The highest BCUT2D eigenvalue weighted by Gasteiger charge is 2.34. The van der Waals surface area contributed by atoms with Crippen LogP contribution >= 0.6 is 23.4 Å². The van der Waals surface area contributed by atoms with Crippen molar-refractivity contribution in [3.63, 3.8) is 0 Å². The third-order valence-corrected chi connectivity index (χ3v) is 6.25. The number of imide groups is 1. The van der Waals surface area contributed by atoms with Crippen LogP contribution in [0.25, 0.3) is 6.08 Å². The zero-order valence-electron chi connectivity index (χ0n) is 18.0. The molecule has 0 spiro atoms. The van der Waals surface area contributed by atoms with Gasteiger partial charge in [0.15, 0.2) is 0 Å². The van der Waals surface area contributed by atoms with E-state index in [2.05, 4.69) is 0 Å². The molecule has 3 aromatic carbocycles. The van der Waals surface area contributed by atoms with Crippen LogP contribution in [0.15, 0.2) is 77.7 Å². The van der Waals surface area contributed by atoms with E-state index in [1.807, 2.05) is 79.7 Å². The molecule has 4 rings (SSSR count). The Bertz CT molecular complexity index is 1190. The summed E-state index contributed by atoms with van der Waals surface area (Å²) < 4.78 is 11.5. The molecule has 168 valence electrons. The van der Waals surface area contributed by atoms with Crippen molar-refractivity contribution in [2.75, 3.05) is 13.2 Å². The summed E-state index contributed by atoms with van der Waals surface area (Å²) in [5, 5.41) is 0.368. The van der Waals surface area contributed by atoms with Crippen LogP contribution in [0, 0.1) is 6.92 Å². The van der Waals surface area contributed by atoms with Crippen molar-refractivity contribution in [2.24, 2.45) is 0 Å². The highest BCUT2D eigenvalue weighted by Crippen LogP contribution is 2.32. The number of ether oxygens (including phenoxy) is 2. The zero-order chi connectivity index (χ0) is 23.2. The molecule has 0 unspecified atom stereocenters. The predicted molar refractivity (Wildman–Crippen MR) is 132 cm³/mol. The lowest BCUT2D eigenvalue weighted by atomic mass is 10.2. The maximum absolute atomic E-state index is 12.7. The Kier molecular flexibility index (Phi) is 7.37. The Labute approximate surface area is 202 Å². The molecule has 5 nitrogen and oxygen atoms in total. The Balaban J connectivity index is 1.33. The van der Waals surface area contributed by atoms with Crippen LogP contribution in [0.1, 0.15) is 16.7 Å². The molecule has 1 aliphatic heterocycles. The van der Waals surface area contributed by atoms with E-state index in [-0.39, 0.29) is 24.3 Å². The van der Waals surface area contributed by atoms with Crippen LogP contribution in [-0.4, -0.2) is 29.2 Å². The van der Waals surface area contributed by atoms with Gasteiger partial charge < -0.3 is 9.47 Å². The molecule has 0 atom stereocenters. The second kappa shape index (κ2) is 10.6. The van der Waals surface area contributed by atoms with Crippen molar-refractivity contribution in [1.29, 1.82) is 0 Å². The van der Waals surface area contributed by atoms with Crippen LogP contribution in [0.4, 0.5) is 4.79 Å². The fourth-order valence-corrected chi connectivity index (χ4v) is 4.30. The Morgan fingerprint density at radius 1 is 0.939 bits per heavy atom. The van der Waals surface area contributed by atoms with E-state index in [4.69, 9.17) is 21.1 Å². The maximum Gasteiger partial charge on any atom is 0.293 e. The second-order valence-corrected chi connectivity index (χ2v) is 8.85. The van der Waals surface area contributed by atoms with Crippen LogP contribution in [0.2, 0.25) is 5.02 Å². The molecule has 0 N–H and O–H groups in total. The molecule has 7 heteroatoms. The van der Waals surface area contributed by atoms with Crippen molar-refractivity contribution in [2.45, 2.75) is 13.5 Å². The van der Waals surface area contributed by atoms with Gasteiger partial charge in [0.2, 0.25) is 0 Å². The topological polar surface area (TPSA) is 55.8 Å². The van der Waals surface area contributed by atoms with E-state index >= 15 is 0 Å². The minimum absolute atomic E-state index is 0.199. The monoisotopic (exact) mass is 479 g/mol. The first-order valence-electron chi connectivity index (χ1n) is 10.4. The van der Waals surface area contributed by atoms with Gasteiger partial charge in [-0.05, 0) is 66.2 Å². The average molecular weight is 480 g/mol. The number of hydrogen-bond acceptors (Lipinski definition) is 5. The summed E-state index contributed by atoms with van der Waals surface area (Å²) in [5.74, 6) is 1.10. The van der Waals surface area contributed by atoms with Crippen molar-refractivity contribution in [3.8, 4) is 11.5 Å². The van der Waals surface area contributed by atoms with Crippen molar-refractivity contribution >= 4 is 40.6 Å². The van der Waals surface area contributed by atoms with Crippen LogP contribution in [0.5, 0.6) is 11.5 Å². The van der Waals surface area contributed by atoms with Gasteiger partial charge in [0.1, 0.15) is 24.7 Å². The fraction of sp³-hybridized carbons (Fsp3) is 0.154. The molecule has 1 fully saturated rings. The standard InChI is InChI=1S/C26H22ClNO4S/c1-18-5-4-7-22(15-18)31-14-13-28-25(29)24(33-26(28)30)16-19-9-11-21(12-10-19)32-17-20-6-2-3-8-23(20)27/h2-12,15-16H,13-14,17H2,1H3/b24-16-. The Morgan fingerprint density at radius 3 is 2.48 bits per heavy atom. The van der Waals surface area contributed by atoms with Gasteiger partial charge in [-0.1, -0.05) is 54.1 Å². The number of nitrogens with zero attached hydrogens (tertiary/aromatic N) is 1. The molecule has 0 aromatic heterocycles. The molecule has 1 heterocycles. The van der Waals surface area contributed by atoms with Gasteiger partial charge in [-0.25, -0.2) is 0 Å². The number of carbonyl (C=O) groups is 2. The molecule has 0 radical (unpaired) electrons. The lowest BCUT2D eigenvalue weighted by Gasteiger charge is -2.13. The third-order valence-electron chi connectivity index (χ3n) is 4.98. The van der Waals surface area contributed by atoms with Gasteiger partial charge in [-0.15, -0.1) is 0 Å². The summed E-state index contributed by atoms with van der Waals surface area (Å²) in [5.41, 5.74) is 2.80. The van der Waals surface area contributed by atoms with Gasteiger partial charge in [0, 0.05) is 10.6 Å². The normalized spacial score (nSPS) is 14.7. The number of benzene rings is 3. The van der Waals surface area contributed by atoms with E-state index in [1.54, 1.807) is 6.08 Å². The van der Waals surface area contributed by atoms with Crippen LogP contribution in [-0.2, 0) is 11.4 Å². The zero-order valence-corrected chi connectivity index (χ0v) is 19.6. The number of aryl methyl sites for hydroxylation is 1. The summed E-state index contributed by atoms with van der Waals surface area (Å²) in [6.07, 6.45) is 1.71. The molecular weight excluding hydrogens is 458 g/mol. The molecule has 1 saturated heterocycles. The fourth-order valence-electron chi connectivity index (χ4n) is 3.24. The first-order valence-corrected chi connectivity index (χ1v) is 11.6. The van der Waals surface area contributed by atoms with E-state index < -0.39 is 0 Å². The van der Waals surface area contributed by atoms with Crippen LogP contribution in [0.3, 0.4) is 0 Å². The van der Waals surface area contributed by atoms with Crippen molar-refractivity contribution in [3.05, 3.63) is 99.4 Å². The lowest BCUT2D eigenvalue weighted by molar-refractivity contribution is -0.123. The summed E-state index contributed by atoms with van der Waals surface area (Å²) in [7, 11) is 0. The van der Waals surface area contributed by atoms with E-state index in [0.717, 1.165) is 28.5 Å². The first kappa shape index (κ1) is 23.0. The van der Waals surface area contributed by atoms with Gasteiger partial charge in [0.05, 0.1) is 11.4 Å². The summed E-state index contributed by atoms with van der Waals surface area (Å²) in [4.78, 5) is 26.6. The lowest BCUT2D eigenvalue weighted by Crippen LogP contribution is -2.32. The maximum atomic E-state index is 12.7. The van der Waals surface area contributed by atoms with Crippen molar-refractivity contribution in [1.82, 2.24) is 4.90 Å².